The summed E-state index contributed by atoms with van der Waals surface area (Å²) in [7, 11) is 1.62. The molecule has 18 heavy (non-hydrogen) atoms. The Morgan fingerprint density at radius 2 is 2.33 bits per heavy atom. The lowest BCUT2D eigenvalue weighted by atomic mass is 10.2. The SMILES string of the molecule is COCC(Nc1ccc([N+](=O)[O-])c(F)c1)C1CC1. The molecular formula is C12H15FN2O3. The van der Waals surface area contributed by atoms with Crippen LogP contribution in [0.3, 0.4) is 0 Å². The van der Waals surface area contributed by atoms with Gasteiger partial charge in [0.1, 0.15) is 0 Å². The summed E-state index contributed by atoms with van der Waals surface area (Å²) in [5.74, 6) is -0.278. The molecule has 1 aromatic carbocycles. The number of benzene rings is 1. The van der Waals surface area contributed by atoms with Gasteiger partial charge in [-0.15, -0.1) is 0 Å². The van der Waals surface area contributed by atoms with E-state index < -0.39 is 16.4 Å². The lowest BCUT2D eigenvalue weighted by Gasteiger charge is -2.18. The molecule has 6 heteroatoms. The van der Waals surface area contributed by atoms with E-state index in [0.29, 0.717) is 18.2 Å². The minimum atomic E-state index is -0.822. The summed E-state index contributed by atoms with van der Waals surface area (Å²) >= 11 is 0. The van der Waals surface area contributed by atoms with Gasteiger partial charge in [0, 0.05) is 24.9 Å². The van der Waals surface area contributed by atoms with Gasteiger partial charge in [0.25, 0.3) is 0 Å². The molecule has 1 aromatic rings. The Labute approximate surface area is 104 Å². The van der Waals surface area contributed by atoms with Crippen molar-refractivity contribution in [2.24, 2.45) is 5.92 Å². The summed E-state index contributed by atoms with van der Waals surface area (Å²) in [5, 5.41) is 13.7. The van der Waals surface area contributed by atoms with Gasteiger partial charge in [-0.1, -0.05) is 0 Å². The predicted octanol–water partition coefficient (Wildman–Crippen LogP) is 2.57. The van der Waals surface area contributed by atoms with Crippen molar-refractivity contribution >= 4 is 11.4 Å². The Morgan fingerprint density at radius 1 is 1.61 bits per heavy atom. The number of hydrogen-bond acceptors (Lipinski definition) is 4. The van der Waals surface area contributed by atoms with E-state index in [0.717, 1.165) is 18.9 Å². The number of hydrogen-bond donors (Lipinski definition) is 1. The molecule has 1 atom stereocenters. The number of nitro benzene ring substituents is 1. The van der Waals surface area contributed by atoms with Crippen molar-refractivity contribution in [3.63, 3.8) is 0 Å². The molecule has 0 aromatic heterocycles. The Kier molecular flexibility index (Phi) is 3.76. The minimum absolute atomic E-state index is 0.135. The van der Waals surface area contributed by atoms with Gasteiger partial charge in [0.2, 0.25) is 5.82 Å². The molecule has 1 fully saturated rings. The van der Waals surface area contributed by atoms with Crippen LogP contribution < -0.4 is 5.32 Å². The van der Waals surface area contributed by atoms with Gasteiger partial charge >= 0.3 is 5.69 Å². The fourth-order valence-corrected chi connectivity index (χ4v) is 1.93. The highest BCUT2D eigenvalue weighted by atomic mass is 19.1. The topological polar surface area (TPSA) is 64.4 Å². The first-order valence-electron chi connectivity index (χ1n) is 5.81. The summed E-state index contributed by atoms with van der Waals surface area (Å²) in [6.45, 7) is 0.545. The van der Waals surface area contributed by atoms with Gasteiger partial charge in [0.15, 0.2) is 0 Å². The zero-order valence-electron chi connectivity index (χ0n) is 10.1. The maximum absolute atomic E-state index is 13.4. The van der Waals surface area contributed by atoms with E-state index in [9.17, 15) is 14.5 Å². The molecule has 98 valence electrons. The maximum atomic E-state index is 13.4. The number of ether oxygens (including phenoxy) is 1. The Hall–Kier alpha value is -1.69. The largest absolute Gasteiger partial charge is 0.383 e. The molecule has 0 amide bonds. The average Bonchev–Trinajstić information content (AvgIpc) is 3.11. The van der Waals surface area contributed by atoms with Crippen LogP contribution in [-0.2, 0) is 4.74 Å². The molecule has 0 aliphatic heterocycles. The average molecular weight is 254 g/mol. The van der Waals surface area contributed by atoms with Crippen molar-refractivity contribution in [2.45, 2.75) is 18.9 Å². The molecule has 0 bridgehead atoms. The molecule has 1 saturated carbocycles. The van der Waals surface area contributed by atoms with E-state index in [1.807, 2.05) is 0 Å². The Bertz CT molecular complexity index is 449. The van der Waals surface area contributed by atoms with E-state index in [1.54, 1.807) is 7.11 Å². The second-order valence-corrected chi connectivity index (χ2v) is 4.47. The molecule has 5 nitrogen and oxygen atoms in total. The fraction of sp³-hybridized carbons (Fsp3) is 0.500. The van der Waals surface area contributed by atoms with Crippen LogP contribution in [0.1, 0.15) is 12.8 Å². The van der Waals surface area contributed by atoms with Gasteiger partial charge in [-0.3, -0.25) is 10.1 Å². The third kappa shape index (κ3) is 2.95. The van der Waals surface area contributed by atoms with Crippen molar-refractivity contribution in [3.8, 4) is 0 Å². The third-order valence-corrected chi connectivity index (χ3v) is 3.03. The van der Waals surface area contributed by atoms with Crippen molar-refractivity contribution in [3.05, 3.63) is 34.1 Å². The van der Waals surface area contributed by atoms with Gasteiger partial charge in [0.05, 0.1) is 17.6 Å². The second kappa shape index (κ2) is 5.30. The van der Waals surface area contributed by atoms with E-state index in [4.69, 9.17) is 4.74 Å². The van der Waals surface area contributed by atoms with Crippen molar-refractivity contribution in [1.29, 1.82) is 0 Å². The summed E-state index contributed by atoms with van der Waals surface area (Å²) in [5.41, 5.74) is 0.0438. The quantitative estimate of drug-likeness (QED) is 0.626. The number of anilines is 1. The van der Waals surface area contributed by atoms with Crippen molar-refractivity contribution in [1.82, 2.24) is 0 Å². The van der Waals surface area contributed by atoms with Crippen LogP contribution in [0.4, 0.5) is 15.8 Å². The van der Waals surface area contributed by atoms with Crippen molar-refractivity contribution < 1.29 is 14.1 Å². The smallest absolute Gasteiger partial charge is 0.304 e. The van der Waals surface area contributed by atoms with Crippen molar-refractivity contribution in [2.75, 3.05) is 19.0 Å². The van der Waals surface area contributed by atoms with E-state index in [2.05, 4.69) is 5.32 Å². The van der Waals surface area contributed by atoms with Crippen LogP contribution in [0.5, 0.6) is 0 Å². The normalized spacial score (nSPS) is 16.3. The number of nitro groups is 1. The molecule has 0 heterocycles. The molecule has 0 spiro atoms. The molecule has 0 saturated heterocycles. The number of halogens is 1. The van der Waals surface area contributed by atoms with Gasteiger partial charge < -0.3 is 10.1 Å². The highest BCUT2D eigenvalue weighted by Gasteiger charge is 2.31. The zero-order chi connectivity index (χ0) is 13.1. The highest BCUT2D eigenvalue weighted by molar-refractivity contribution is 5.50. The maximum Gasteiger partial charge on any atom is 0.304 e. The van der Waals surface area contributed by atoms with E-state index in [1.165, 1.54) is 12.1 Å². The summed E-state index contributed by atoms with van der Waals surface area (Å²) in [6.07, 6.45) is 2.27. The molecule has 1 aliphatic rings. The standard InChI is InChI=1S/C12H15FN2O3/c1-18-7-11(8-2-3-8)14-9-4-5-12(15(16)17)10(13)6-9/h4-6,8,11,14H,2-3,7H2,1H3. The van der Waals surface area contributed by atoms with Gasteiger partial charge in [-0.05, 0) is 24.8 Å². The third-order valence-electron chi connectivity index (χ3n) is 3.03. The lowest BCUT2D eigenvalue weighted by molar-refractivity contribution is -0.387. The first-order valence-corrected chi connectivity index (χ1v) is 5.81. The number of nitrogens with zero attached hydrogens (tertiary/aromatic N) is 1. The van der Waals surface area contributed by atoms with Crippen LogP contribution in [0.15, 0.2) is 18.2 Å². The van der Waals surface area contributed by atoms with Crippen LogP contribution in [0.2, 0.25) is 0 Å². The fourth-order valence-electron chi connectivity index (χ4n) is 1.93. The van der Waals surface area contributed by atoms with Crippen LogP contribution in [-0.4, -0.2) is 24.7 Å². The molecule has 1 aliphatic carbocycles. The Morgan fingerprint density at radius 3 is 2.83 bits per heavy atom. The van der Waals surface area contributed by atoms with Gasteiger partial charge in [-0.2, -0.15) is 4.39 Å². The first-order chi connectivity index (χ1) is 8.61. The number of nitrogens with one attached hydrogen (secondary N) is 1. The molecule has 0 radical (unpaired) electrons. The monoisotopic (exact) mass is 254 g/mol. The highest BCUT2D eigenvalue weighted by Crippen LogP contribution is 2.34. The summed E-state index contributed by atoms with van der Waals surface area (Å²) in [4.78, 5) is 9.77. The molecule has 1 unspecified atom stereocenters. The summed E-state index contributed by atoms with van der Waals surface area (Å²) < 4.78 is 18.5. The van der Waals surface area contributed by atoms with Crippen LogP contribution in [0, 0.1) is 21.8 Å². The molecular weight excluding hydrogens is 239 g/mol. The van der Waals surface area contributed by atoms with E-state index >= 15 is 0 Å². The van der Waals surface area contributed by atoms with E-state index in [-0.39, 0.29) is 6.04 Å². The number of rotatable bonds is 6. The number of methoxy groups -OCH3 is 1. The predicted molar refractivity (Wildman–Crippen MR) is 65.1 cm³/mol. The second-order valence-electron chi connectivity index (χ2n) is 4.47. The van der Waals surface area contributed by atoms with Gasteiger partial charge in [-0.25, -0.2) is 0 Å². The summed E-state index contributed by atoms with van der Waals surface area (Å²) in [6, 6.07) is 3.99. The molecule has 1 N–H and O–H groups in total. The van der Waals surface area contributed by atoms with Crippen LogP contribution >= 0.6 is 0 Å². The van der Waals surface area contributed by atoms with Crippen LogP contribution in [0.25, 0.3) is 0 Å². The Balaban J connectivity index is 2.08. The zero-order valence-corrected chi connectivity index (χ0v) is 10.1. The lowest BCUT2D eigenvalue weighted by Crippen LogP contribution is -2.27. The molecule has 2 rings (SSSR count). The first kappa shape index (κ1) is 12.8. The minimum Gasteiger partial charge on any atom is -0.383 e.